The monoisotopic (exact) mass is 346 g/mol. The fourth-order valence-electron chi connectivity index (χ4n) is 3.16. The van der Waals surface area contributed by atoms with Crippen molar-refractivity contribution < 1.29 is 14.2 Å². The van der Waals surface area contributed by atoms with Crippen molar-refractivity contribution in [3.63, 3.8) is 0 Å². The van der Waals surface area contributed by atoms with Gasteiger partial charge in [-0.3, -0.25) is 14.7 Å². The van der Waals surface area contributed by atoms with Crippen molar-refractivity contribution in [1.29, 1.82) is 0 Å². The molecule has 8 nitrogen and oxygen atoms in total. The fraction of sp³-hybridized carbons (Fsp3) is 0.412. The molecule has 0 saturated heterocycles. The van der Waals surface area contributed by atoms with Gasteiger partial charge in [0.05, 0.1) is 32.6 Å². The Balaban J connectivity index is 1.87. The van der Waals surface area contributed by atoms with Gasteiger partial charge in [0, 0.05) is 31.6 Å². The zero-order valence-electron chi connectivity index (χ0n) is 14.6. The molecule has 134 valence electrons. The summed E-state index contributed by atoms with van der Waals surface area (Å²) < 4.78 is 16.3. The molecule has 1 aromatic carbocycles. The van der Waals surface area contributed by atoms with Gasteiger partial charge >= 0.3 is 0 Å². The molecule has 1 aliphatic rings. The SMILES string of the molecule is COc1ccc(CN2CCc3nc(N)[nH]c(=O)c3C2)c(OC)c1OC. The van der Waals surface area contributed by atoms with Crippen LogP contribution in [0.4, 0.5) is 5.95 Å². The summed E-state index contributed by atoms with van der Waals surface area (Å²) >= 11 is 0. The molecule has 0 amide bonds. The first-order chi connectivity index (χ1) is 12.1. The second kappa shape index (κ2) is 7.02. The lowest BCUT2D eigenvalue weighted by Crippen LogP contribution is -2.35. The Morgan fingerprint density at radius 3 is 2.64 bits per heavy atom. The first kappa shape index (κ1) is 17.1. The number of anilines is 1. The first-order valence-corrected chi connectivity index (χ1v) is 7.95. The Morgan fingerprint density at radius 2 is 1.96 bits per heavy atom. The number of hydrogen-bond donors (Lipinski definition) is 2. The van der Waals surface area contributed by atoms with Gasteiger partial charge in [-0.25, -0.2) is 4.98 Å². The predicted molar refractivity (Wildman–Crippen MR) is 93.2 cm³/mol. The molecule has 3 N–H and O–H groups in total. The Hall–Kier alpha value is -2.74. The number of aromatic amines is 1. The van der Waals surface area contributed by atoms with Crippen LogP contribution in [0.1, 0.15) is 16.8 Å². The number of H-pyrrole nitrogens is 1. The predicted octanol–water partition coefficient (Wildman–Crippen LogP) is 0.936. The largest absolute Gasteiger partial charge is 0.493 e. The molecule has 0 fully saturated rings. The van der Waals surface area contributed by atoms with Crippen molar-refractivity contribution in [2.75, 3.05) is 33.6 Å². The second-order valence-electron chi connectivity index (χ2n) is 5.83. The Bertz CT molecular complexity index is 834. The standard InChI is InChI=1S/C17H22N4O4/c1-23-13-5-4-10(14(24-2)15(13)25-3)8-21-7-6-12-11(9-21)16(22)20-17(18)19-12/h4-5H,6-9H2,1-3H3,(H3,18,19,20,22). The molecule has 0 unspecified atom stereocenters. The van der Waals surface area contributed by atoms with Gasteiger partial charge in [-0.2, -0.15) is 0 Å². The maximum atomic E-state index is 12.1. The minimum absolute atomic E-state index is 0.166. The summed E-state index contributed by atoms with van der Waals surface area (Å²) in [5.41, 5.74) is 7.84. The third-order valence-corrected chi connectivity index (χ3v) is 4.35. The molecule has 1 aliphatic heterocycles. The van der Waals surface area contributed by atoms with Crippen LogP contribution in [0.15, 0.2) is 16.9 Å². The molecule has 2 aromatic rings. The third kappa shape index (κ3) is 3.25. The van der Waals surface area contributed by atoms with Gasteiger partial charge in [0.2, 0.25) is 11.7 Å². The average Bonchev–Trinajstić information content (AvgIpc) is 2.61. The Labute approximate surface area is 145 Å². The van der Waals surface area contributed by atoms with Crippen LogP contribution in [0.3, 0.4) is 0 Å². The van der Waals surface area contributed by atoms with Gasteiger partial charge in [0.25, 0.3) is 5.56 Å². The van der Waals surface area contributed by atoms with Gasteiger partial charge < -0.3 is 19.9 Å². The van der Waals surface area contributed by atoms with Crippen molar-refractivity contribution in [2.24, 2.45) is 0 Å². The zero-order valence-corrected chi connectivity index (χ0v) is 14.6. The lowest BCUT2D eigenvalue weighted by molar-refractivity contribution is 0.236. The van der Waals surface area contributed by atoms with E-state index in [1.165, 1.54) is 0 Å². The van der Waals surface area contributed by atoms with E-state index < -0.39 is 0 Å². The molecular weight excluding hydrogens is 324 g/mol. The van der Waals surface area contributed by atoms with Crippen LogP contribution in [0.2, 0.25) is 0 Å². The van der Waals surface area contributed by atoms with E-state index in [1.54, 1.807) is 21.3 Å². The maximum absolute atomic E-state index is 12.1. The van der Waals surface area contributed by atoms with Crippen molar-refractivity contribution in [2.45, 2.75) is 19.5 Å². The smallest absolute Gasteiger partial charge is 0.257 e. The van der Waals surface area contributed by atoms with Crippen LogP contribution in [-0.2, 0) is 19.5 Å². The summed E-state index contributed by atoms with van der Waals surface area (Å²) in [5, 5.41) is 0. The number of methoxy groups -OCH3 is 3. The van der Waals surface area contributed by atoms with E-state index in [9.17, 15) is 4.79 Å². The van der Waals surface area contributed by atoms with Crippen LogP contribution in [0, 0.1) is 0 Å². The van der Waals surface area contributed by atoms with Crippen LogP contribution in [-0.4, -0.2) is 42.7 Å². The number of nitrogens with one attached hydrogen (secondary N) is 1. The summed E-state index contributed by atoms with van der Waals surface area (Å²) in [6.07, 6.45) is 0.680. The number of ether oxygens (including phenoxy) is 3. The summed E-state index contributed by atoms with van der Waals surface area (Å²) in [6, 6.07) is 3.80. The van der Waals surface area contributed by atoms with Crippen LogP contribution >= 0.6 is 0 Å². The molecule has 3 rings (SSSR count). The van der Waals surface area contributed by atoms with E-state index in [0.29, 0.717) is 42.3 Å². The van der Waals surface area contributed by atoms with Crippen LogP contribution in [0.25, 0.3) is 0 Å². The van der Waals surface area contributed by atoms with E-state index in [2.05, 4.69) is 14.9 Å². The highest BCUT2D eigenvalue weighted by Crippen LogP contribution is 2.40. The molecule has 8 heteroatoms. The molecule has 0 radical (unpaired) electrons. The van der Waals surface area contributed by atoms with E-state index in [0.717, 1.165) is 17.8 Å². The van der Waals surface area contributed by atoms with E-state index in [4.69, 9.17) is 19.9 Å². The number of fused-ring (bicyclic) bond motifs is 1. The van der Waals surface area contributed by atoms with Gasteiger partial charge in [-0.05, 0) is 6.07 Å². The Morgan fingerprint density at radius 1 is 1.20 bits per heavy atom. The molecule has 0 bridgehead atoms. The lowest BCUT2D eigenvalue weighted by atomic mass is 10.1. The minimum atomic E-state index is -0.175. The second-order valence-corrected chi connectivity index (χ2v) is 5.83. The average molecular weight is 346 g/mol. The van der Waals surface area contributed by atoms with Crippen LogP contribution < -0.4 is 25.5 Å². The highest BCUT2D eigenvalue weighted by molar-refractivity contribution is 5.55. The molecule has 0 spiro atoms. The molecule has 1 aromatic heterocycles. The maximum Gasteiger partial charge on any atom is 0.257 e. The molecule has 25 heavy (non-hydrogen) atoms. The third-order valence-electron chi connectivity index (χ3n) is 4.35. The molecule has 0 saturated carbocycles. The quantitative estimate of drug-likeness (QED) is 0.830. The highest BCUT2D eigenvalue weighted by atomic mass is 16.5. The summed E-state index contributed by atoms with van der Waals surface area (Å²) in [7, 11) is 4.77. The normalized spacial score (nSPS) is 14.0. The number of hydrogen-bond acceptors (Lipinski definition) is 7. The van der Waals surface area contributed by atoms with E-state index in [1.807, 2.05) is 12.1 Å². The van der Waals surface area contributed by atoms with Gasteiger partial charge in [0.1, 0.15) is 0 Å². The number of nitrogen functional groups attached to an aromatic ring is 1. The van der Waals surface area contributed by atoms with Gasteiger partial charge in [-0.15, -0.1) is 0 Å². The van der Waals surface area contributed by atoms with Crippen molar-refractivity contribution in [3.05, 3.63) is 39.3 Å². The molecule has 0 aliphatic carbocycles. The summed E-state index contributed by atoms with van der Waals surface area (Å²) in [5.74, 6) is 1.98. The van der Waals surface area contributed by atoms with Crippen molar-refractivity contribution in [1.82, 2.24) is 14.9 Å². The van der Waals surface area contributed by atoms with E-state index in [-0.39, 0.29) is 11.5 Å². The van der Waals surface area contributed by atoms with Crippen LogP contribution in [0.5, 0.6) is 17.2 Å². The van der Waals surface area contributed by atoms with Crippen molar-refractivity contribution in [3.8, 4) is 17.2 Å². The fourth-order valence-corrected chi connectivity index (χ4v) is 3.16. The number of rotatable bonds is 5. The highest BCUT2D eigenvalue weighted by Gasteiger charge is 2.23. The number of nitrogens with zero attached hydrogens (tertiary/aromatic N) is 2. The van der Waals surface area contributed by atoms with Crippen molar-refractivity contribution >= 4 is 5.95 Å². The molecule has 0 atom stereocenters. The summed E-state index contributed by atoms with van der Waals surface area (Å²) in [6.45, 7) is 1.91. The number of benzene rings is 1. The first-order valence-electron chi connectivity index (χ1n) is 7.95. The molecule has 2 heterocycles. The lowest BCUT2D eigenvalue weighted by Gasteiger charge is -2.28. The number of nitrogens with two attached hydrogens (primary N) is 1. The summed E-state index contributed by atoms with van der Waals surface area (Å²) in [4.78, 5) is 21.1. The van der Waals surface area contributed by atoms with Gasteiger partial charge in [0.15, 0.2) is 11.5 Å². The zero-order chi connectivity index (χ0) is 18.0. The van der Waals surface area contributed by atoms with Gasteiger partial charge in [-0.1, -0.05) is 6.07 Å². The topological polar surface area (TPSA) is 103 Å². The molecular formula is C17H22N4O4. The number of aromatic nitrogens is 2. The Kier molecular flexibility index (Phi) is 4.80. The van der Waals surface area contributed by atoms with E-state index >= 15 is 0 Å². The minimum Gasteiger partial charge on any atom is -0.493 e.